The predicted molar refractivity (Wildman–Crippen MR) is 68.2 cm³/mol. The van der Waals surface area contributed by atoms with E-state index in [4.69, 9.17) is 0 Å². The largest absolute Gasteiger partial charge is 0.351 e. The van der Waals surface area contributed by atoms with E-state index >= 15 is 0 Å². The van der Waals surface area contributed by atoms with E-state index in [1.54, 1.807) is 12.1 Å². The number of hydrogen-bond acceptors (Lipinski definition) is 2. The summed E-state index contributed by atoms with van der Waals surface area (Å²) in [7, 11) is 0. The Hall–Kier alpha value is -1.09. The van der Waals surface area contributed by atoms with Crippen LogP contribution in [0.1, 0.15) is 38.1 Å². The van der Waals surface area contributed by atoms with Gasteiger partial charge < -0.3 is 9.47 Å². The fourth-order valence-corrected chi connectivity index (χ4v) is 3.10. The average molecular weight is 232 g/mol. The first-order chi connectivity index (χ1) is 8.33. The van der Waals surface area contributed by atoms with E-state index in [0.717, 1.165) is 6.04 Å². The summed E-state index contributed by atoms with van der Waals surface area (Å²) in [6, 6.07) is 4.77. The summed E-state index contributed by atoms with van der Waals surface area (Å²) >= 11 is 0. The monoisotopic (exact) mass is 232 g/mol. The molecule has 1 aliphatic heterocycles. The highest BCUT2D eigenvalue weighted by atomic mass is 16.1. The molecule has 0 aromatic carbocycles. The van der Waals surface area contributed by atoms with Gasteiger partial charge in [0.25, 0.3) is 0 Å². The lowest BCUT2D eigenvalue weighted by molar-refractivity contribution is 0.0802. The van der Waals surface area contributed by atoms with Crippen LogP contribution < -0.4 is 5.43 Å². The molecule has 2 fully saturated rings. The van der Waals surface area contributed by atoms with Crippen molar-refractivity contribution in [2.24, 2.45) is 0 Å². The molecular formula is C14H20N2O. The SMILES string of the molecule is O=c1ccn(C2CCC(N3CCC3)CC2)cc1. The molecule has 1 aromatic rings. The van der Waals surface area contributed by atoms with E-state index < -0.39 is 0 Å². The summed E-state index contributed by atoms with van der Waals surface area (Å²) in [6.45, 7) is 2.63. The topological polar surface area (TPSA) is 25.2 Å². The van der Waals surface area contributed by atoms with Crippen molar-refractivity contribution in [2.75, 3.05) is 13.1 Å². The molecule has 0 radical (unpaired) electrons. The summed E-state index contributed by atoms with van der Waals surface area (Å²) in [5.41, 5.74) is 0.107. The van der Waals surface area contributed by atoms with E-state index in [0.29, 0.717) is 6.04 Å². The van der Waals surface area contributed by atoms with E-state index in [9.17, 15) is 4.79 Å². The summed E-state index contributed by atoms with van der Waals surface area (Å²) in [5, 5.41) is 0. The zero-order valence-electron chi connectivity index (χ0n) is 10.2. The molecule has 3 nitrogen and oxygen atoms in total. The van der Waals surface area contributed by atoms with Crippen LogP contribution in [0.3, 0.4) is 0 Å². The maximum Gasteiger partial charge on any atom is 0.181 e. The summed E-state index contributed by atoms with van der Waals surface area (Å²) in [6.07, 6.45) is 10.4. The summed E-state index contributed by atoms with van der Waals surface area (Å²) in [4.78, 5) is 13.7. The molecular weight excluding hydrogens is 212 g/mol. The van der Waals surface area contributed by atoms with Crippen LogP contribution in [0.5, 0.6) is 0 Å². The lowest BCUT2D eigenvalue weighted by Gasteiger charge is -2.42. The van der Waals surface area contributed by atoms with Gasteiger partial charge in [-0.2, -0.15) is 0 Å². The van der Waals surface area contributed by atoms with Crippen LogP contribution in [0.25, 0.3) is 0 Å². The van der Waals surface area contributed by atoms with Crippen molar-refractivity contribution in [3.8, 4) is 0 Å². The fourth-order valence-electron chi connectivity index (χ4n) is 3.10. The van der Waals surface area contributed by atoms with Crippen LogP contribution in [-0.4, -0.2) is 28.6 Å². The molecule has 1 saturated carbocycles. The minimum Gasteiger partial charge on any atom is -0.351 e. The van der Waals surface area contributed by atoms with Crippen molar-refractivity contribution >= 4 is 0 Å². The van der Waals surface area contributed by atoms with Crippen molar-refractivity contribution in [1.29, 1.82) is 0 Å². The summed E-state index contributed by atoms with van der Waals surface area (Å²) in [5.74, 6) is 0. The first-order valence-electron chi connectivity index (χ1n) is 6.75. The van der Waals surface area contributed by atoms with Crippen LogP contribution in [0.4, 0.5) is 0 Å². The molecule has 3 rings (SSSR count). The number of hydrogen-bond donors (Lipinski definition) is 0. The molecule has 0 spiro atoms. The molecule has 92 valence electrons. The van der Waals surface area contributed by atoms with Gasteiger partial charge in [0.05, 0.1) is 0 Å². The molecule has 3 heteroatoms. The third-order valence-electron chi connectivity index (χ3n) is 4.32. The van der Waals surface area contributed by atoms with Gasteiger partial charge >= 0.3 is 0 Å². The van der Waals surface area contributed by atoms with Crippen molar-refractivity contribution in [3.63, 3.8) is 0 Å². The van der Waals surface area contributed by atoms with Gasteiger partial charge in [0.2, 0.25) is 0 Å². The van der Waals surface area contributed by atoms with Gasteiger partial charge in [0, 0.05) is 36.6 Å². The molecule has 1 aliphatic carbocycles. The minimum atomic E-state index is 0.107. The Labute approximate surface area is 102 Å². The smallest absolute Gasteiger partial charge is 0.181 e. The van der Waals surface area contributed by atoms with Crippen molar-refractivity contribution in [3.05, 3.63) is 34.7 Å². The maximum absolute atomic E-state index is 11.1. The van der Waals surface area contributed by atoms with E-state index in [2.05, 4.69) is 9.47 Å². The Morgan fingerprint density at radius 3 is 2.06 bits per heavy atom. The van der Waals surface area contributed by atoms with E-state index in [1.807, 2.05) is 12.4 Å². The van der Waals surface area contributed by atoms with Gasteiger partial charge in [-0.05, 0) is 45.2 Å². The van der Waals surface area contributed by atoms with Gasteiger partial charge in [-0.25, -0.2) is 0 Å². The highest BCUT2D eigenvalue weighted by Gasteiger charge is 2.28. The van der Waals surface area contributed by atoms with Gasteiger partial charge in [-0.15, -0.1) is 0 Å². The molecule has 2 heterocycles. The number of likely N-dealkylation sites (tertiary alicyclic amines) is 1. The van der Waals surface area contributed by atoms with Gasteiger partial charge in [0.15, 0.2) is 5.43 Å². The van der Waals surface area contributed by atoms with Crippen LogP contribution in [0.15, 0.2) is 29.3 Å². The highest BCUT2D eigenvalue weighted by molar-refractivity contribution is 4.97. The second-order valence-corrected chi connectivity index (χ2v) is 5.33. The Kier molecular flexibility index (Phi) is 3.02. The lowest BCUT2D eigenvalue weighted by atomic mass is 9.88. The second kappa shape index (κ2) is 4.65. The zero-order chi connectivity index (χ0) is 11.7. The number of rotatable bonds is 2. The number of pyridine rings is 1. The molecule has 2 aliphatic rings. The molecule has 0 bridgehead atoms. The van der Waals surface area contributed by atoms with Crippen molar-refractivity contribution in [2.45, 2.75) is 44.2 Å². The van der Waals surface area contributed by atoms with Crippen molar-refractivity contribution in [1.82, 2.24) is 9.47 Å². The molecule has 17 heavy (non-hydrogen) atoms. The second-order valence-electron chi connectivity index (χ2n) is 5.33. The van der Waals surface area contributed by atoms with Crippen LogP contribution in [0.2, 0.25) is 0 Å². The Bertz CT molecular complexity index is 408. The number of aromatic nitrogens is 1. The minimum absolute atomic E-state index is 0.107. The van der Waals surface area contributed by atoms with Crippen LogP contribution >= 0.6 is 0 Å². The predicted octanol–water partition coefficient (Wildman–Crippen LogP) is 2.04. The van der Waals surface area contributed by atoms with Crippen LogP contribution in [-0.2, 0) is 0 Å². The highest BCUT2D eigenvalue weighted by Crippen LogP contribution is 2.32. The third-order valence-corrected chi connectivity index (χ3v) is 4.32. The molecule has 0 N–H and O–H groups in total. The Morgan fingerprint density at radius 1 is 0.941 bits per heavy atom. The standard InChI is InChI=1S/C14H20N2O/c17-14-6-10-16(11-7-14)13-4-2-12(3-5-13)15-8-1-9-15/h6-7,10-13H,1-5,8-9H2. The first kappa shape index (κ1) is 11.0. The van der Waals surface area contributed by atoms with Gasteiger partial charge in [-0.3, -0.25) is 4.79 Å². The normalized spacial score (nSPS) is 29.9. The molecule has 1 saturated heterocycles. The quantitative estimate of drug-likeness (QED) is 0.779. The molecule has 1 aromatic heterocycles. The van der Waals surface area contributed by atoms with E-state index in [1.165, 1.54) is 45.2 Å². The maximum atomic E-state index is 11.1. The Morgan fingerprint density at radius 2 is 1.53 bits per heavy atom. The molecule has 0 unspecified atom stereocenters. The molecule has 0 amide bonds. The number of nitrogens with zero attached hydrogens (tertiary/aromatic N) is 2. The first-order valence-corrected chi connectivity index (χ1v) is 6.75. The Balaban J connectivity index is 1.60. The van der Waals surface area contributed by atoms with E-state index in [-0.39, 0.29) is 5.43 Å². The zero-order valence-corrected chi connectivity index (χ0v) is 10.2. The van der Waals surface area contributed by atoms with Gasteiger partial charge in [-0.1, -0.05) is 0 Å². The van der Waals surface area contributed by atoms with Crippen molar-refractivity contribution < 1.29 is 0 Å². The van der Waals surface area contributed by atoms with Crippen LogP contribution in [0, 0.1) is 0 Å². The molecule has 0 atom stereocenters. The summed E-state index contributed by atoms with van der Waals surface area (Å²) < 4.78 is 2.22. The lowest BCUT2D eigenvalue weighted by Crippen LogP contribution is -2.46. The fraction of sp³-hybridized carbons (Fsp3) is 0.643. The third kappa shape index (κ3) is 2.29. The average Bonchev–Trinajstić information content (AvgIpc) is 2.29. The van der Waals surface area contributed by atoms with Gasteiger partial charge in [0.1, 0.15) is 0 Å².